The van der Waals surface area contributed by atoms with Crippen LogP contribution in [0.5, 0.6) is 0 Å². The Morgan fingerprint density at radius 1 is 1.08 bits per heavy atom. The summed E-state index contributed by atoms with van der Waals surface area (Å²) in [5.74, 6) is 0. The number of rotatable bonds is 5. The molecule has 0 radical (unpaired) electrons. The highest BCUT2D eigenvalue weighted by atomic mass is 15.0. The van der Waals surface area contributed by atoms with Crippen molar-refractivity contribution in [2.45, 2.75) is 33.6 Å². The average Bonchev–Trinajstić information content (AvgIpc) is 2.00. The average molecular weight is 181 g/mol. The fourth-order valence-corrected chi connectivity index (χ4v) is 1.03. The lowest BCUT2D eigenvalue weighted by Crippen LogP contribution is -2.10. The van der Waals surface area contributed by atoms with Crippen LogP contribution in [-0.4, -0.2) is 25.5 Å². The molecule has 0 aromatic heterocycles. The normalized spacial score (nSPS) is 12.0. The molecule has 0 fully saturated rings. The van der Waals surface area contributed by atoms with Crippen LogP contribution in [0, 0.1) is 0 Å². The molecule has 0 amide bonds. The summed E-state index contributed by atoms with van der Waals surface area (Å²) in [6.45, 7) is 7.57. The molecule has 0 aliphatic heterocycles. The number of likely N-dealkylation sites (N-methyl/N-ethyl adjacent to an activating group) is 1. The van der Waals surface area contributed by atoms with Crippen LogP contribution in [-0.2, 0) is 0 Å². The van der Waals surface area contributed by atoms with Crippen molar-refractivity contribution in [3.63, 3.8) is 0 Å². The van der Waals surface area contributed by atoms with Crippen LogP contribution in [0.4, 0.5) is 0 Å². The molecule has 76 valence electrons. The maximum absolute atomic E-state index is 2.30. The van der Waals surface area contributed by atoms with E-state index in [1.807, 2.05) is 0 Å². The highest BCUT2D eigenvalue weighted by Gasteiger charge is 1.89. The van der Waals surface area contributed by atoms with Crippen molar-refractivity contribution >= 4 is 0 Å². The molecule has 13 heavy (non-hydrogen) atoms. The first-order valence-corrected chi connectivity index (χ1v) is 4.96. The summed E-state index contributed by atoms with van der Waals surface area (Å²) in [5, 5.41) is 0. The summed E-state index contributed by atoms with van der Waals surface area (Å²) < 4.78 is 0. The van der Waals surface area contributed by atoms with Crippen LogP contribution in [0.1, 0.15) is 33.6 Å². The third kappa shape index (κ3) is 9.35. The molecule has 0 aromatic rings. The molecule has 0 bridgehead atoms. The lowest BCUT2D eigenvalue weighted by molar-refractivity contribution is 0.455. The van der Waals surface area contributed by atoms with Gasteiger partial charge in [-0.05, 0) is 47.7 Å². The maximum atomic E-state index is 2.30. The van der Waals surface area contributed by atoms with E-state index >= 15 is 0 Å². The van der Waals surface area contributed by atoms with E-state index in [4.69, 9.17) is 0 Å². The van der Waals surface area contributed by atoms with Crippen molar-refractivity contribution < 1.29 is 0 Å². The Kier molecular flexibility index (Phi) is 6.61. The van der Waals surface area contributed by atoms with Gasteiger partial charge in [0, 0.05) is 6.54 Å². The van der Waals surface area contributed by atoms with Crippen molar-refractivity contribution in [3.05, 3.63) is 23.3 Å². The third-order valence-corrected chi connectivity index (χ3v) is 1.90. The molecule has 0 saturated carbocycles. The summed E-state index contributed by atoms with van der Waals surface area (Å²) >= 11 is 0. The lowest BCUT2D eigenvalue weighted by Gasteiger charge is -2.06. The van der Waals surface area contributed by atoms with Gasteiger partial charge >= 0.3 is 0 Å². The molecule has 1 heteroatoms. The first kappa shape index (κ1) is 12.4. The van der Waals surface area contributed by atoms with Gasteiger partial charge in [-0.1, -0.05) is 23.3 Å². The van der Waals surface area contributed by atoms with E-state index in [1.54, 1.807) is 0 Å². The van der Waals surface area contributed by atoms with Crippen LogP contribution >= 0.6 is 0 Å². The minimum absolute atomic E-state index is 1.06. The van der Waals surface area contributed by atoms with Gasteiger partial charge in [-0.3, -0.25) is 0 Å². The van der Waals surface area contributed by atoms with E-state index in [1.165, 1.54) is 24.0 Å². The second-order valence-corrected chi connectivity index (χ2v) is 4.13. The molecule has 0 aliphatic rings. The fourth-order valence-electron chi connectivity index (χ4n) is 1.03. The minimum atomic E-state index is 1.06. The molecule has 0 heterocycles. The van der Waals surface area contributed by atoms with Crippen molar-refractivity contribution in [1.29, 1.82) is 0 Å². The van der Waals surface area contributed by atoms with Gasteiger partial charge in [0.2, 0.25) is 0 Å². The van der Waals surface area contributed by atoms with Crippen LogP contribution in [0.25, 0.3) is 0 Å². The minimum Gasteiger partial charge on any atom is -0.306 e. The van der Waals surface area contributed by atoms with Gasteiger partial charge in [-0.25, -0.2) is 0 Å². The highest BCUT2D eigenvalue weighted by molar-refractivity contribution is 5.02. The smallest absolute Gasteiger partial charge is 0.0159 e. The first-order chi connectivity index (χ1) is 6.02. The number of allylic oxidation sites excluding steroid dienone is 3. The molecule has 0 saturated heterocycles. The Labute approximate surface area is 83.1 Å². The van der Waals surface area contributed by atoms with E-state index in [-0.39, 0.29) is 0 Å². The number of hydrogen-bond donors (Lipinski definition) is 0. The summed E-state index contributed by atoms with van der Waals surface area (Å²) in [5.41, 5.74) is 2.91. The van der Waals surface area contributed by atoms with Gasteiger partial charge in [-0.2, -0.15) is 0 Å². The van der Waals surface area contributed by atoms with Crippen LogP contribution in [0.3, 0.4) is 0 Å². The van der Waals surface area contributed by atoms with E-state index in [0.29, 0.717) is 0 Å². The Morgan fingerprint density at radius 2 is 1.69 bits per heavy atom. The zero-order chi connectivity index (χ0) is 10.3. The molecular formula is C12H23N. The SMILES string of the molecule is CC(C)=CCC/C(C)=C/CN(C)C. The fraction of sp³-hybridized carbons (Fsp3) is 0.667. The Hall–Kier alpha value is -0.560. The lowest BCUT2D eigenvalue weighted by atomic mass is 10.1. The zero-order valence-electron chi connectivity index (χ0n) is 9.72. The van der Waals surface area contributed by atoms with Crippen molar-refractivity contribution in [1.82, 2.24) is 4.90 Å². The Morgan fingerprint density at radius 3 is 2.15 bits per heavy atom. The summed E-state index contributed by atoms with van der Waals surface area (Å²) in [4.78, 5) is 2.18. The maximum Gasteiger partial charge on any atom is 0.0159 e. The number of nitrogens with zero attached hydrogens (tertiary/aromatic N) is 1. The van der Waals surface area contributed by atoms with Crippen molar-refractivity contribution in [2.75, 3.05) is 20.6 Å². The predicted molar refractivity (Wildman–Crippen MR) is 61.0 cm³/mol. The van der Waals surface area contributed by atoms with Crippen molar-refractivity contribution in [3.8, 4) is 0 Å². The largest absolute Gasteiger partial charge is 0.306 e. The molecule has 1 nitrogen and oxygen atoms in total. The van der Waals surface area contributed by atoms with E-state index in [0.717, 1.165) is 6.54 Å². The monoisotopic (exact) mass is 181 g/mol. The van der Waals surface area contributed by atoms with Gasteiger partial charge < -0.3 is 4.90 Å². The second-order valence-electron chi connectivity index (χ2n) is 4.13. The number of hydrogen-bond acceptors (Lipinski definition) is 1. The van der Waals surface area contributed by atoms with Crippen molar-refractivity contribution in [2.24, 2.45) is 0 Å². The Bertz CT molecular complexity index is 183. The zero-order valence-corrected chi connectivity index (χ0v) is 9.72. The van der Waals surface area contributed by atoms with E-state index < -0.39 is 0 Å². The predicted octanol–water partition coefficient (Wildman–Crippen LogP) is 3.24. The van der Waals surface area contributed by atoms with Gasteiger partial charge in [-0.15, -0.1) is 0 Å². The van der Waals surface area contributed by atoms with Crippen LogP contribution in [0.15, 0.2) is 23.3 Å². The van der Waals surface area contributed by atoms with E-state index in [9.17, 15) is 0 Å². The molecule has 0 unspecified atom stereocenters. The van der Waals surface area contributed by atoms with Gasteiger partial charge in [0.15, 0.2) is 0 Å². The Balaban J connectivity index is 3.67. The summed E-state index contributed by atoms with van der Waals surface area (Å²) in [7, 11) is 4.19. The molecule has 0 aliphatic carbocycles. The standard InChI is InChI=1S/C12H23N/c1-11(2)7-6-8-12(3)9-10-13(4)5/h7,9H,6,8,10H2,1-5H3/b12-9+. The third-order valence-electron chi connectivity index (χ3n) is 1.90. The second kappa shape index (κ2) is 6.90. The summed E-state index contributed by atoms with van der Waals surface area (Å²) in [6.07, 6.45) is 6.98. The quantitative estimate of drug-likeness (QED) is 0.589. The topological polar surface area (TPSA) is 3.24 Å². The van der Waals surface area contributed by atoms with Crippen LogP contribution in [0.2, 0.25) is 0 Å². The van der Waals surface area contributed by atoms with Gasteiger partial charge in [0.1, 0.15) is 0 Å². The molecule has 0 atom stereocenters. The van der Waals surface area contributed by atoms with E-state index in [2.05, 4.69) is 51.9 Å². The molecule has 0 N–H and O–H groups in total. The molecular weight excluding hydrogens is 158 g/mol. The van der Waals surface area contributed by atoms with Gasteiger partial charge in [0.05, 0.1) is 0 Å². The van der Waals surface area contributed by atoms with Crippen LogP contribution < -0.4 is 0 Å². The van der Waals surface area contributed by atoms with Gasteiger partial charge in [0.25, 0.3) is 0 Å². The highest BCUT2D eigenvalue weighted by Crippen LogP contribution is 2.06. The first-order valence-electron chi connectivity index (χ1n) is 4.96. The molecule has 0 rings (SSSR count). The molecule has 0 spiro atoms. The summed E-state index contributed by atoms with van der Waals surface area (Å²) in [6, 6.07) is 0. The molecule has 0 aromatic carbocycles.